The van der Waals surface area contributed by atoms with E-state index in [1.54, 1.807) is 0 Å². The Bertz CT molecular complexity index is 655. The van der Waals surface area contributed by atoms with Crippen molar-refractivity contribution in [2.24, 2.45) is 0 Å². The van der Waals surface area contributed by atoms with Crippen LogP contribution in [0.2, 0.25) is 0 Å². The molecule has 0 saturated heterocycles. The lowest BCUT2D eigenvalue weighted by Crippen LogP contribution is -1.92. The minimum absolute atomic E-state index is 0.767. The number of hydrogen-bond donors (Lipinski definition) is 1. The van der Waals surface area contributed by atoms with Crippen molar-refractivity contribution in [3.63, 3.8) is 0 Å². The molecule has 0 aliphatic rings. The zero-order chi connectivity index (χ0) is 13.8. The number of nitrogens with zero attached hydrogens (tertiary/aromatic N) is 3. The molecule has 0 unspecified atom stereocenters. The second kappa shape index (κ2) is 5.65. The van der Waals surface area contributed by atoms with E-state index >= 15 is 0 Å². The highest BCUT2D eigenvalue weighted by Gasteiger charge is 2.03. The Balaban J connectivity index is 1.83. The average Bonchev–Trinajstić information content (AvgIpc) is 3.03. The van der Waals surface area contributed by atoms with Crippen LogP contribution in [0.3, 0.4) is 0 Å². The summed E-state index contributed by atoms with van der Waals surface area (Å²) >= 11 is 0. The van der Waals surface area contributed by atoms with Crippen LogP contribution in [0.1, 0.15) is 18.9 Å². The number of aromatic amines is 1. The molecule has 20 heavy (non-hydrogen) atoms. The van der Waals surface area contributed by atoms with Gasteiger partial charge in [-0.05, 0) is 17.5 Å². The number of rotatable bonds is 4. The van der Waals surface area contributed by atoms with Gasteiger partial charge in [-0.3, -0.25) is 5.10 Å². The fourth-order valence-corrected chi connectivity index (χ4v) is 2.14. The fourth-order valence-electron chi connectivity index (χ4n) is 2.14. The van der Waals surface area contributed by atoms with Crippen LogP contribution in [0.5, 0.6) is 0 Å². The molecule has 1 aromatic carbocycles. The Labute approximate surface area is 117 Å². The van der Waals surface area contributed by atoms with E-state index < -0.39 is 0 Å². The lowest BCUT2D eigenvalue weighted by atomic mass is 10.1. The van der Waals surface area contributed by atoms with E-state index in [0.29, 0.717) is 0 Å². The van der Waals surface area contributed by atoms with Crippen LogP contribution in [-0.2, 0) is 6.42 Å². The van der Waals surface area contributed by atoms with E-state index in [0.717, 1.165) is 35.4 Å². The van der Waals surface area contributed by atoms with E-state index in [1.807, 2.05) is 36.9 Å². The maximum Gasteiger partial charge on any atom is 0.159 e. The van der Waals surface area contributed by atoms with Crippen molar-refractivity contribution in [1.29, 1.82) is 0 Å². The number of aromatic nitrogens is 4. The molecular formula is C16H16N4. The first-order valence-corrected chi connectivity index (χ1v) is 6.77. The molecule has 0 radical (unpaired) electrons. The van der Waals surface area contributed by atoms with Gasteiger partial charge in [-0.15, -0.1) is 0 Å². The third-order valence-corrected chi connectivity index (χ3v) is 3.22. The van der Waals surface area contributed by atoms with Crippen LogP contribution in [-0.4, -0.2) is 20.2 Å². The molecule has 0 spiro atoms. The van der Waals surface area contributed by atoms with Gasteiger partial charge in [0.2, 0.25) is 0 Å². The minimum atomic E-state index is 0.767. The first-order chi connectivity index (χ1) is 9.86. The lowest BCUT2D eigenvalue weighted by molar-refractivity contribution is 0.902. The van der Waals surface area contributed by atoms with Gasteiger partial charge >= 0.3 is 0 Å². The fraction of sp³-hybridized carbons (Fsp3) is 0.188. The molecule has 100 valence electrons. The van der Waals surface area contributed by atoms with Gasteiger partial charge in [-0.1, -0.05) is 37.6 Å². The second-order valence-electron chi connectivity index (χ2n) is 4.73. The zero-order valence-corrected chi connectivity index (χ0v) is 11.4. The molecule has 1 N–H and O–H groups in total. The summed E-state index contributed by atoms with van der Waals surface area (Å²) in [5.74, 6) is 0.767. The van der Waals surface area contributed by atoms with Gasteiger partial charge in [0.25, 0.3) is 0 Å². The monoisotopic (exact) mass is 264 g/mol. The molecule has 2 heterocycles. The van der Waals surface area contributed by atoms with Crippen molar-refractivity contribution < 1.29 is 0 Å². The summed E-state index contributed by atoms with van der Waals surface area (Å²) in [6, 6.07) is 8.20. The number of H-pyrrole nitrogens is 1. The van der Waals surface area contributed by atoms with Crippen LogP contribution in [0.15, 0.2) is 49.1 Å². The van der Waals surface area contributed by atoms with Crippen LogP contribution in [0.25, 0.3) is 22.5 Å². The van der Waals surface area contributed by atoms with Crippen molar-refractivity contribution in [3.8, 4) is 22.5 Å². The van der Waals surface area contributed by atoms with Crippen molar-refractivity contribution in [2.75, 3.05) is 0 Å². The highest BCUT2D eigenvalue weighted by atomic mass is 15.1. The highest BCUT2D eigenvalue weighted by Crippen LogP contribution is 2.22. The normalized spacial score (nSPS) is 10.7. The van der Waals surface area contributed by atoms with Crippen molar-refractivity contribution >= 4 is 0 Å². The maximum absolute atomic E-state index is 4.43. The third kappa shape index (κ3) is 2.59. The first kappa shape index (κ1) is 12.5. The smallest absolute Gasteiger partial charge is 0.159 e. The van der Waals surface area contributed by atoms with E-state index in [-0.39, 0.29) is 0 Å². The Morgan fingerprint density at radius 1 is 0.900 bits per heavy atom. The quantitative estimate of drug-likeness (QED) is 0.784. The Kier molecular flexibility index (Phi) is 3.54. The summed E-state index contributed by atoms with van der Waals surface area (Å²) in [5.41, 5.74) is 4.42. The van der Waals surface area contributed by atoms with Crippen LogP contribution >= 0.6 is 0 Å². The summed E-state index contributed by atoms with van der Waals surface area (Å²) in [6.07, 6.45) is 9.66. The van der Waals surface area contributed by atoms with Gasteiger partial charge in [0.1, 0.15) is 0 Å². The largest absolute Gasteiger partial charge is 0.285 e. The number of nitrogens with one attached hydrogen (secondary N) is 1. The summed E-state index contributed by atoms with van der Waals surface area (Å²) in [5, 5.41) is 6.77. The molecular weight excluding hydrogens is 248 g/mol. The zero-order valence-electron chi connectivity index (χ0n) is 11.4. The predicted octanol–water partition coefficient (Wildman–Crippen LogP) is 3.49. The molecule has 0 bridgehead atoms. The van der Waals surface area contributed by atoms with Gasteiger partial charge in [0.05, 0.1) is 6.20 Å². The molecule has 2 aromatic heterocycles. The third-order valence-electron chi connectivity index (χ3n) is 3.22. The van der Waals surface area contributed by atoms with Crippen LogP contribution in [0.4, 0.5) is 0 Å². The number of benzene rings is 1. The maximum atomic E-state index is 4.43. The number of aryl methyl sites for hydroxylation is 1. The molecule has 0 amide bonds. The average molecular weight is 264 g/mol. The van der Waals surface area contributed by atoms with Gasteiger partial charge in [0, 0.05) is 29.7 Å². The van der Waals surface area contributed by atoms with Gasteiger partial charge in [0.15, 0.2) is 5.82 Å². The van der Waals surface area contributed by atoms with Crippen molar-refractivity contribution in [2.45, 2.75) is 19.8 Å². The highest BCUT2D eigenvalue weighted by molar-refractivity contribution is 5.66. The molecule has 3 rings (SSSR count). The Morgan fingerprint density at radius 2 is 1.60 bits per heavy atom. The molecule has 0 aliphatic carbocycles. The molecule has 3 aromatic rings. The summed E-state index contributed by atoms with van der Waals surface area (Å²) in [4.78, 5) is 8.86. The minimum Gasteiger partial charge on any atom is -0.285 e. The molecule has 0 aliphatic heterocycles. The second-order valence-corrected chi connectivity index (χ2v) is 4.73. The van der Waals surface area contributed by atoms with Gasteiger partial charge in [-0.25, -0.2) is 9.97 Å². The van der Waals surface area contributed by atoms with Crippen LogP contribution < -0.4 is 0 Å². The Morgan fingerprint density at radius 3 is 2.20 bits per heavy atom. The van der Waals surface area contributed by atoms with Crippen LogP contribution in [0, 0.1) is 0 Å². The molecule has 4 heteroatoms. The summed E-state index contributed by atoms with van der Waals surface area (Å²) in [6.45, 7) is 2.16. The van der Waals surface area contributed by atoms with E-state index in [4.69, 9.17) is 0 Å². The lowest BCUT2D eigenvalue weighted by Gasteiger charge is -2.03. The van der Waals surface area contributed by atoms with Crippen molar-refractivity contribution in [3.05, 3.63) is 54.6 Å². The topological polar surface area (TPSA) is 54.5 Å². The molecule has 0 atom stereocenters. The SMILES string of the molecule is CCCc1cnc(-c2ccc(-c3cn[nH]c3)cc2)nc1. The number of hydrogen-bond acceptors (Lipinski definition) is 3. The Hall–Kier alpha value is -2.49. The van der Waals surface area contributed by atoms with E-state index in [9.17, 15) is 0 Å². The first-order valence-electron chi connectivity index (χ1n) is 6.77. The van der Waals surface area contributed by atoms with E-state index in [2.05, 4.69) is 39.2 Å². The molecule has 0 fully saturated rings. The standard InChI is InChI=1S/C16H16N4/c1-2-3-12-8-17-16(18-9-12)14-6-4-13(5-7-14)15-10-19-20-11-15/h4-11H,2-3H2,1H3,(H,19,20). The van der Waals surface area contributed by atoms with Gasteiger partial charge < -0.3 is 0 Å². The summed E-state index contributed by atoms with van der Waals surface area (Å²) < 4.78 is 0. The molecule has 0 saturated carbocycles. The predicted molar refractivity (Wildman–Crippen MR) is 79.0 cm³/mol. The molecule has 4 nitrogen and oxygen atoms in total. The summed E-state index contributed by atoms with van der Waals surface area (Å²) in [7, 11) is 0. The van der Waals surface area contributed by atoms with E-state index in [1.165, 1.54) is 5.56 Å². The van der Waals surface area contributed by atoms with Gasteiger partial charge in [-0.2, -0.15) is 5.10 Å². The van der Waals surface area contributed by atoms with Crippen molar-refractivity contribution in [1.82, 2.24) is 20.2 Å².